The van der Waals surface area contributed by atoms with E-state index < -0.39 is 40.6 Å². The van der Waals surface area contributed by atoms with E-state index in [-0.39, 0.29) is 35.6 Å². The molecule has 2 aromatic carbocycles. The van der Waals surface area contributed by atoms with Gasteiger partial charge in [-0.15, -0.1) is 0 Å². The first-order valence-electron chi connectivity index (χ1n) is 19.7. The molecule has 2 fully saturated rings. The fraction of sp³-hybridized carbons (Fsp3) is 0.395. The molecule has 1 saturated heterocycles. The minimum atomic E-state index is -0.688. The van der Waals surface area contributed by atoms with Gasteiger partial charge in [-0.3, -0.25) is 24.0 Å². The lowest BCUT2D eigenvalue weighted by Gasteiger charge is -2.35. The van der Waals surface area contributed by atoms with Gasteiger partial charge in [-0.2, -0.15) is 0 Å². The summed E-state index contributed by atoms with van der Waals surface area (Å²) >= 11 is 0. The summed E-state index contributed by atoms with van der Waals surface area (Å²) in [6, 6.07) is 15.3. The molecule has 4 aliphatic rings. The van der Waals surface area contributed by atoms with Crippen LogP contribution in [0.2, 0.25) is 0 Å². The van der Waals surface area contributed by atoms with Gasteiger partial charge in [0, 0.05) is 51.0 Å². The first-order chi connectivity index (χ1) is 27.8. The minimum Gasteiger partial charge on any atom is -0.444 e. The Bertz CT molecular complexity index is 2450. The van der Waals surface area contributed by atoms with E-state index >= 15 is 0 Å². The third-order valence-corrected chi connectivity index (χ3v) is 11.0. The molecule has 15 heteroatoms. The highest BCUT2D eigenvalue weighted by atomic mass is 19.1. The number of benzene rings is 2. The number of piperazine rings is 1. The number of pyridine rings is 1. The molecule has 2 aromatic heterocycles. The molecule has 0 bridgehead atoms. The molecular formula is C43H46F2N8O5. The molecule has 302 valence electrons. The average Bonchev–Trinajstić information content (AvgIpc) is 3.63. The van der Waals surface area contributed by atoms with Crippen LogP contribution in [0.15, 0.2) is 99.6 Å². The van der Waals surface area contributed by atoms with Gasteiger partial charge in [-0.1, -0.05) is 36.4 Å². The van der Waals surface area contributed by atoms with E-state index in [0.717, 1.165) is 48.6 Å². The second kappa shape index (κ2) is 15.8. The Morgan fingerprint density at radius 3 is 2.38 bits per heavy atom. The van der Waals surface area contributed by atoms with E-state index in [2.05, 4.69) is 32.3 Å². The summed E-state index contributed by atoms with van der Waals surface area (Å²) in [5, 5.41) is 3.05. The number of amides is 2. The molecular weight excluding hydrogens is 747 g/mol. The lowest BCUT2D eigenvalue weighted by Crippen LogP contribution is -2.49. The first-order valence-corrected chi connectivity index (χ1v) is 19.7. The van der Waals surface area contributed by atoms with Crippen molar-refractivity contribution >= 4 is 28.9 Å². The maximum atomic E-state index is 14.6. The van der Waals surface area contributed by atoms with Crippen LogP contribution in [0.1, 0.15) is 58.1 Å². The van der Waals surface area contributed by atoms with Crippen LogP contribution in [-0.2, 0) is 16.1 Å². The van der Waals surface area contributed by atoms with Crippen LogP contribution in [0, 0.1) is 5.82 Å². The van der Waals surface area contributed by atoms with Crippen molar-refractivity contribution in [1.82, 2.24) is 34.1 Å². The largest absolute Gasteiger partial charge is 0.444 e. The maximum Gasteiger partial charge on any atom is 0.410 e. The second-order valence-corrected chi connectivity index (χ2v) is 16.3. The van der Waals surface area contributed by atoms with E-state index in [9.17, 15) is 28.0 Å². The van der Waals surface area contributed by atoms with Crippen LogP contribution in [-0.4, -0.2) is 97.1 Å². The Kier molecular flexibility index (Phi) is 10.6. The number of halogens is 2. The molecule has 1 aliphatic carbocycles. The first kappa shape index (κ1) is 38.9. The Labute approximate surface area is 333 Å². The van der Waals surface area contributed by atoms with Crippen molar-refractivity contribution in [1.29, 1.82) is 0 Å². The Morgan fingerprint density at radius 1 is 0.914 bits per heavy atom. The monoisotopic (exact) mass is 792 g/mol. The minimum absolute atomic E-state index is 0.00643. The van der Waals surface area contributed by atoms with Crippen molar-refractivity contribution in [2.45, 2.75) is 76.7 Å². The zero-order valence-electron chi connectivity index (χ0n) is 32.7. The van der Waals surface area contributed by atoms with Crippen LogP contribution in [0.5, 0.6) is 0 Å². The average molecular weight is 793 g/mol. The van der Waals surface area contributed by atoms with E-state index in [1.165, 1.54) is 21.4 Å². The molecule has 4 aromatic rings. The molecule has 0 spiro atoms. The van der Waals surface area contributed by atoms with Gasteiger partial charge >= 0.3 is 11.8 Å². The highest BCUT2D eigenvalue weighted by Gasteiger charge is 2.33. The summed E-state index contributed by atoms with van der Waals surface area (Å²) in [5.74, 6) is -0.818. The predicted octanol–water partition coefficient (Wildman–Crippen LogP) is 5.47. The summed E-state index contributed by atoms with van der Waals surface area (Å²) in [6.07, 6.45) is 6.77. The van der Waals surface area contributed by atoms with Crippen molar-refractivity contribution in [2.24, 2.45) is 4.99 Å². The molecule has 0 radical (unpaired) electrons. The number of hydrogen-bond acceptors (Lipinski definition) is 9. The standard InChI is InChI=1S/C43H46F2N8O5/c1-43(2,3)58-42(57)50-19-17-49(18-20-50)24-27-7-9-28(10-8-27)29-5-4-6-34(21-29)52-38-35(22-31(45)23-46-38)40(55)53(41(52)56)33-14-12-32(13-15-33)47-39(54)36-26-51-25-30(44)11-16-37(51)48-36/h4-11,16,21-23,25,32-33,36H,12-15,17-20,24,26H2,1-3H3,(H,47,54)/t32-,33+,36?. The lowest BCUT2D eigenvalue weighted by atomic mass is 9.90. The van der Waals surface area contributed by atoms with E-state index in [0.29, 0.717) is 50.3 Å². The Morgan fingerprint density at radius 2 is 1.66 bits per heavy atom. The van der Waals surface area contributed by atoms with Crippen molar-refractivity contribution in [3.8, 4) is 16.8 Å². The van der Waals surface area contributed by atoms with Crippen molar-refractivity contribution < 1.29 is 23.1 Å². The molecule has 5 heterocycles. The van der Waals surface area contributed by atoms with Crippen LogP contribution in [0.25, 0.3) is 27.8 Å². The molecule has 1 atom stereocenters. The molecule has 1 saturated carbocycles. The van der Waals surface area contributed by atoms with Crippen LogP contribution in [0.3, 0.4) is 0 Å². The van der Waals surface area contributed by atoms with Crippen molar-refractivity contribution in [2.75, 3.05) is 32.7 Å². The smallest absolute Gasteiger partial charge is 0.410 e. The van der Waals surface area contributed by atoms with Crippen molar-refractivity contribution in [3.63, 3.8) is 0 Å². The molecule has 1 unspecified atom stereocenters. The summed E-state index contributed by atoms with van der Waals surface area (Å²) in [5.41, 5.74) is 1.70. The van der Waals surface area contributed by atoms with Gasteiger partial charge in [0.1, 0.15) is 29.1 Å². The topological polar surface area (TPSA) is 134 Å². The number of nitrogens with zero attached hydrogens (tertiary/aromatic N) is 7. The highest BCUT2D eigenvalue weighted by molar-refractivity contribution is 6.00. The number of aliphatic imine (C=N–C) groups is 1. The van der Waals surface area contributed by atoms with E-state index in [4.69, 9.17) is 4.74 Å². The molecule has 2 amide bonds. The van der Waals surface area contributed by atoms with E-state index in [1.807, 2.05) is 51.1 Å². The number of aromatic nitrogens is 3. The third kappa shape index (κ3) is 8.21. The van der Waals surface area contributed by atoms with Gasteiger partial charge in [-0.25, -0.2) is 27.9 Å². The molecule has 3 aliphatic heterocycles. The fourth-order valence-electron chi connectivity index (χ4n) is 8.11. The van der Waals surface area contributed by atoms with Crippen LogP contribution < -0.4 is 16.6 Å². The van der Waals surface area contributed by atoms with Gasteiger partial charge in [0.15, 0.2) is 5.65 Å². The molecule has 58 heavy (non-hydrogen) atoms. The SMILES string of the molecule is CC(C)(C)OC(=O)N1CCN(Cc2ccc(-c3cccc(-n4c(=O)n([C@H]5CC[C@@H](NC(=O)C6CN7C=C(F)C=CC7=N6)CC5)c(=O)c5cc(F)cnc54)c3)cc2)CC1. The van der Waals surface area contributed by atoms with E-state index in [1.54, 1.807) is 21.9 Å². The Balaban J connectivity index is 0.972. The number of hydrogen-bond donors (Lipinski definition) is 1. The number of carbonyl (C=O) groups is 2. The number of rotatable bonds is 7. The number of carbonyl (C=O) groups excluding carboxylic acids is 2. The lowest BCUT2D eigenvalue weighted by molar-refractivity contribution is -0.123. The Hall–Kier alpha value is -5.96. The molecule has 8 rings (SSSR count). The number of nitrogens with one attached hydrogen (secondary N) is 1. The summed E-state index contributed by atoms with van der Waals surface area (Å²) in [7, 11) is 0. The summed E-state index contributed by atoms with van der Waals surface area (Å²) < 4.78 is 36.4. The van der Waals surface area contributed by atoms with Crippen LogP contribution in [0.4, 0.5) is 13.6 Å². The number of fused-ring (bicyclic) bond motifs is 2. The van der Waals surface area contributed by atoms with Crippen LogP contribution >= 0.6 is 0 Å². The number of ether oxygens (including phenoxy) is 1. The summed E-state index contributed by atoms with van der Waals surface area (Å²) in [6.45, 7) is 9.23. The highest BCUT2D eigenvalue weighted by Crippen LogP contribution is 2.29. The van der Waals surface area contributed by atoms with Gasteiger partial charge < -0.3 is 19.9 Å². The normalized spacial score (nSPS) is 21.1. The van der Waals surface area contributed by atoms with Gasteiger partial charge in [0.05, 0.1) is 23.8 Å². The second-order valence-electron chi connectivity index (χ2n) is 16.3. The quantitative estimate of drug-likeness (QED) is 0.261. The molecule has 13 nitrogen and oxygen atoms in total. The summed E-state index contributed by atoms with van der Waals surface area (Å²) in [4.78, 5) is 68.2. The fourth-order valence-corrected chi connectivity index (χ4v) is 8.11. The van der Waals surface area contributed by atoms with Gasteiger partial charge in [0.25, 0.3) is 5.56 Å². The zero-order valence-corrected chi connectivity index (χ0v) is 32.7. The number of amidine groups is 1. The third-order valence-electron chi connectivity index (χ3n) is 11.0. The maximum absolute atomic E-state index is 14.6. The zero-order chi connectivity index (χ0) is 40.7. The van der Waals surface area contributed by atoms with Gasteiger partial charge in [0.2, 0.25) is 5.91 Å². The number of allylic oxidation sites excluding steroid dienone is 2. The van der Waals surface area contributed by atoms with Gasteiger partial charge in [-0.05, 0) is 93.5 Å². The predicted molar refractivity (Wildman–Crippen MR) is 216 cm³/mol. The molecule has 1 N–H and O–H groups in total. The van der Waals surface area contributed by atoms with Crippen molar-refractivity contribution in [3.05, 3.63) is 117 Å².